The summed E-state index contributed by atoms with van der Waals surface area (Å²) >= 11 is 0. The Labute approximate surface area is 119 Å². The van der Waals surface area contributed by atoms with E-state index in [0.717, 1.165) is 29.4 Å². The lowest BCUT2D eigenvalue weighted by Crippen LogP contribution is -2.24. The number of amides is 1. The summed E-state index contributed by atoms with van der Waals surface area (Å²) in [6.45, 7) is 5.07. The van der Waals surface area contributed by atoms with E-state index in [4.69, 9.17) is 0 Å². The molecular formula is C16H21N3O. The quantitative estimate of drug-likeness (QED) is 0.794. The third-order valence-electron chi connectivity index (χ3n) is 3.09. The summed E-state index contributed by atoms with van der Waals surface area (Å²) in [4.78, 5) is 16.0. The molecule has 1 aromatic heterocycles. The number of hydrogen-bond acceptors (Lipinski definition) is 3. The Hall–Kier alpha value is -1.94. The van der Waals surface area contributed by atoms with Crippen LogP contribution in [0.2, 0.25) is 0 Å². The second-order valence-electron chi connectivity index (χ2n) is 5.16. The molecular weight excluding hydrogens is 250 g/mol. The van der Waals surface area contributed by atoms with Crippen LogP contribution in [0.3, 0.4) is 0 Å². The average molecular weight is 271 g/mol. The molecule has 1 aromatic carbocycles. The molecule has 2 rings (SSSR count). The Morgan fingerprint density at radius 3 is 2.95 bits per heavy atom. The van der Waals surface area contributed by atoms with Crippen LogP contribution in [-0.2, 0) is 4.79 Å². The van der Waals surface area contributed by atoms with Gasteiger partial charge in [-0.1, -0.05) is 26.0 Å². The molecule has 2 aromatic rings. The standard InChI is InChI=1S/C16H21N3O/c1-12(2)18-9-4-7-16(20)19-15-6-3-5-13-11-17-10-8-14(13)15/h3,5-6,8,10-12,18H,4,7,9H2,1-2H3,(H,19,20). The van der Waals surface area contributed by atoms with Gasteiger partial charge in [-0.2, -0.15) is 0 Å². The van der Waals surface area contributed by atoms with Crippen molar-refractivity contribution in [2.75, 3.05) is 11.9 Å². The number of rotatable bonds is 6. The molecule has 1 heterocycles. The predicted octanol–water partition coefficient (Wildman–Crippen LogP) is 2.95. The zero-order chi connectivity index (χ0) is 14.4. The Bertz CT molecular complexity index is 575. The number of carbonyl (C=O) groups is 1. The molecule has 4 heteroatoms. The van der Waals surface area contributed by atoms with Gasteiger partial charge in [-0.3, -0.25) is 9.78 Å². The number of hydrogen-bond donors (Lipinski definition) is 2. The minimum absolute atomic E-state index is 0.0554. The number of nitrogens with zero attached hydrogens (tertiary/aromatic N) is 1. The first kappa shape index (κ1) is 14.5. The van der Waals surface area contributed by atoms with Gasteiger partial charge in [0.05, 0.1) is 0 Å². The molecule has 0 spiro atoms. The van der Waals surface area contributed by atoms with Gasteiger partial charge in [-0.05, 0) is 25.1 Å². The van der Waals surface area contributed by atoms with Gasteiger partial charge in [0.2, 0.25) is 5.91 Å². The van der Waals surface area contributed by atoms with Crippen molar-refractivity contribution in [1.29, 1.82) is 0 Å². The van der Waals surface area contributed by atoms with E-state index in [1.165, 1.54) is 0 Å². The van der Waals surface area contributed by atoms with Crippen molar-refractivity contribution in [3.8, 4) is 0 Å². The number of carbonyl (C=O) groups excluding carboxylic acids is 1. The third-order valence-corrected chi connectivity index (χ3v) is 3.09. The van der Waals surface area contributed by atoms with E-state index < -0.39 is 0 Å². The van der Waals surface area contributed by atoms with E-state index in [1.54, 1.807) is 12.4 Å². The molecule has 0 atom stereocenters. The SMILES string of the molecule is CC(C)NCCCC(=O)Nc1cccc2cnccc12. The molecule has 0 aliphatic carbocycles. The molecule has 0 saturated carbocycles. The Balaban J connectivity index is 1.93. The lowest BCUT2D eigenvalue weighted by Gasteiger charge is -2.10. The molecule has 0 aliphatic rings. The first-order valence-electron chi connectivity index (χ1n) is 7.03. The summed E-state index contributed by atoms with van der Waals surface area (Å²) in [7, 11) is 0. The number of anilines is 1. The van der Waals surface area contributed by atoms with Crippen LogP contribution in [0.5, 0.6) is 0 Å². The van der Waals surface area contributed by atoms with Crippen molar-refractivity contribution >= 4 is 22.4 Å². The number of nitrogens with one attached hydrogen (secondary N) is 2. The van der Waals surface area contributed by atoms with Crippen LogP contribution in [0.15, 0.2) is 36.7 Å². The molecule has 0 unspecified atom stereocenters. The molecule has 1 amide bonds. The van der Waals surface area contributed by atoms with Crippen molar-refractivity contribution < 1.29 is 4.79 Å². The van der Waals surface area contributed by atoms with Gasteiger partial charge in [-0.25, -0.2) is 0 Å². The summed E-state index contributed by atoms with van der Waals surface area (Å²) in [6, 6.07) is 8.23. The molecule has 0 bridgehead atoms. The highest BCUT2D eigenvalue weighted by atomic mass is 16.1. The second-order valence-corrected chi connectivity index (χ2v) is 5.16. The maximum atomic E-state index is 11.9. The van der Waals surface area contributed by atoms with E-state index in [9.17, 15) is 4.79 Å². The summed E-state index contributed by atoms with van der Waals surface area (Å²) in [6.07, 6.45) is 4.92. The van der Waals surface area contributed by atoms with Crippen molar-refractivity contribution in [1.82, 2.24) is 10.3 Å². The number of pyridine rings is 1. The van der Waals surface area contributed by atoms with Gasteiger partial charge in [0.25, 0.3) is 0 Å². The molecule has 0 radical (unpaired) electrons. The molecule has 2 N–H and O–H groups in total. The monoisotopic (exact) mass is 271 g/mol. The molecule has 4 nitrogen and oxygen atoms in total. The maximum Gasteiger partial charge on any atom is 0.224 e. The first-order valence-corrected chi connectivity index (χ1v) is 7.03. The van der Waals surface area contributed by atoms with E-state index in [0.29, 0.717) is 12.5 Å². The zero-order valence-corrected chi connectivity index (χ0v) is 12.0. The lowest BCUT2D eigenvalue weighted by atomic mass is 10.1. The Morgan fingerprint density at radius 1 is 1.30 bits per heavy atom. The van der Waals surface area contributed by atoms with E-state index in [2.05, 4.69) is 29.5 Å². The minimum atomic E-state index is 0.0554. The summed E-state index contributed by atoms with van der Waals surface area (Å²) < 4.78 is 0. The highest BCUT2D eigenvalue weighted by Gasteiger charge is 2.05. The van der Waals surface area contributed by atoms with E-state index in [1.807, 2.05) is 24.3 Å². The molecule has 0 fully saturated rings. The maximum absolute atomic E-state index is 11.9. The number of fused-ring (bicyclic) bond motifs is 1. The summed E-state index contributed by atoms with van der Waals surface area (Å²) in [5.74, 6) is 0.0554. The van der Waals surface area contributed by atoms with Crippen LogP contribution < -0.4 is 10.6 Å². The van der Waals surface area contributed by atoms with Gasteiger partial charge < -0.3 is 10.6 Å². The lowest BCUT2D eigenvalue weighted by molar-refractivity contribution is -0.116. The zero-order valence-electron chi connectivity index (χ0n) is 12.0. The van der Waals surface area contributed by atoms with Gasteiger partial charge in [0, 0.05) is 41.3 Å². The highest BCUT2D eigenvalue weighted by Crippen LogP contribution is 2.22. The summed E-state index contributed by atoms with van der Waals surface area (Å²) in [5, 5.41) is 8.34. The third kappa shape index (κ3) is 4.03. The average Bonchev–Trinajstić information content (AvgIpc) is 2.44. The fourth-order valence-electron chi connectivity index (χ4n) is 2.08. The van der Waals surface area contributed by atoms with E-state index >= 15 is 0 Å². The van der Waals surface area contributed by atoms with Crippen molar-refractivity contribution in [2.45, 2.75) is 32.7 Å². The van der Waals surface area contributed by atoms with Gasteiger partial charge in [-0.15, -0.1) is 0 Å². The van der Waals surface area contributed by atoms with E-state index in [-0.39, 0.29) is 5.91 Å². The molecule has 20 heavy (non-hydrogen) atoms. The molecule has 0 saturated heterocycles. The molecule has 106 valence electrons. The summed E-state index contributed by atoms with van der Waals surface area (Å²) in [5.41, 5.74) is 0.853. The van der Waals surface area contributed by atoms with Gasteiger partial charge >= 0.3 is 0 Å². The van der Waals surface area contributed by atoms with Crippen LogP contribution in [-0.4, -0.2) is 23.5 Å². The highest BCUT2D eigenvalue weighted by molar-refractivity contribution is 6.01. The fraction of sp³-hybridized carbons (Fsp3) is 0.375. The Morgan fingerprint density at radius 2 is 2.15 bits per heavy atom. The minimum Gasteiger partial charge on any atom is -0.326 e. The normalized spacial score (nSPS) is 10.9. The predicted molar refractivity (Wildman–Crippen MR) is 82.7 cm³/mol. The Kier molecular flexibility index (Phi) is 5.07. The molecule has 0 aliphatic heterocycles. The topological polar surface area (TPSA) is 54.0 Å². The largest absolute Gasteiger partial charge is 0.326 e. The number of benzene rings is 1. The van der Waals surface area contributed by atoms with Gasteiger partial charge in [0.15, 0.2) is 0 Å². The van der Waals surface area contributed by atoms with Crippen LogP contribution in [0.25, 0.3) is 10.8 Å². The van der Waals surface area contributed by atoms with Crippen LogP contribution in [0.4, 0.5) is 5.69 Å². The van der Waals surface area contributed by atoms with Crippen molar-refractivity contribution in [2.24, 2.45) is 0 Å². The van der Waals surface area contributed by atoms with Crippen molar-refractivity contribution in [3.05, 3.63) is 36.7 Å². The first-order chi connectivity index (χ1) is 9.66. The van der Waals surface area contributed by atoms with Crippen LogP contribution in [0, 0.1) is 0 Å². The number of aromatic nitrogens is 1. The smallest absolute Gasteiger partial charge is 0.224 e. The van der Waals surface area contributed by atoms with Crippen LogP contribution >= 0.6 is 0 Å². The van der Waals surface area contributed by atoms with Crippen molar-refractivity contribution in [3.63, 3.8) is 0 Å². The fourth-order valence-corrected chi connectivity index (χ4v) is 2.08. The van der Waals surface area contributed by atoms with Crippen LogP contribution in [0.1, 0.15) is 26.7 Å². The second kappa shape index (κ2) is 7.01. The van der Waals surface area contributed by atoms with Gasteiger partial charge in [0.1, 0.15) is 0 Å².